The van der Waals surface area contributed by atoms with Gasteiger partial charge in [0.05, 0.1) is 6.54 Å². The number of aryl methyl sites for hydroxylation is 1. The fourth-order valence-electron chi connectivity index (χ4n) is 2.66. The predicted octanol–water partition coefficient (Wildman–Crippen LogP) is 2.86. The van der Waals surface area contributed by atoms with Gasteiger partial charge in [0.2, 0.25) is 6.79 Å². The number of ether oxygens (including phenoxy) is 3. The van der Waals surface area contributed by atoms with Crippen molar-refractivity contribution in [1.82, 2.24) is 10.6 Å². The van der Waals surface area contributed by atoms with E-state index in [1.54, 1.807) is 7.05 Å². The maximum atomic E-state index is 5.93. The quantitative estimate of drug-likeness (QED) is 0.616. The van der Waals surface area contributed by atoms with Gasteiger partial charge in [-0.1, -0.05) is 18.2 Å². The first-order valence-corrected chi connectivity index (χ1v) is 8.70. The number of fused-ring (bicyclic) bond motifs is 1. The molecule has 2 aromatic carbocycles. The van der Waals surface area contributed by atoms with Crippen molar-refractivity contribution in [3.63, 3.8) is 0 Å². The second kappa shape index (κ2) is 8.47. The van der Waals surface area contributed by atoms with Crippen LogP contribution in [0.1, 0.15) is 18.1 Å². The van der Waals surface area contributed by atoms with Crippen LogP contribution in [0.3, 0.4) is 0 Å². The zero-order valence-corrected chi connectivity index (χ0v) is 15.4. The lowest BCUT2D eigenvalue weighted by molar-refractivity contribution is 0.174. The van der Waals surface area contributed by atoms with Crippen molar-refractivity contribution in [2.24, 2.45) is 4.99 Å². The van der Waals surface area contributed by atoms with E-state index in [2.05, 4.69) is 28.6 Å². The number of nitrogens with one attached hydrogen (secondary N) is 2. The van der Waals surface area contributed by atoms with Gasteiger partial charge in [0.1, 0.15) is 11.9 Å². The third-order valence-corrected chi connectivity index (χ3v) is 4.00. The molecule has 26 heavy (non-hydrogen) atoms. The van der Waals surface area contributed by atoms with Crippen LogP contribution in [0, 0.1) is 6.92 Å². The molecule has 2 N–H and O–H groups in total. The number of benzene rings is 2. The Balaban J connectivity index is 1.45. The van der Waals surface area contributed by atoms with E-state index < -0.39 is 0 Å². The number of guanidine groups is 1. The summed E-state index contributed by atoms with van der Waals surface area (Å²) in [6.45, 7) is 5.66. The molecule has 0 spiro atoms. The number of hydrogen-bond donors (Lipinski definition) is 2. The second-order valence-electron chi connectivity index (χ2n) is 6.24. The first-order chi connectivity index (χ1) is 12.6. The maximum absolute atomic E-state index is 5.93. The molecule has 1 aliphatic rings. The highest BCUT2D eigenvalue weighted by atomic mass is 16.7. The van der Waals surface area contributed by atoms with Crippen molar-refractivity contribution in [3.05, 3.63) is 53.6 Å². The van der Waals surface area contributed by atoms with Crippen LogP contribution in [0.15, 0.2) is 47.5 Å². The summed E-state index contributed by atoms with van der Waals surface area (Å²) in [7, 11) is 1.75. The molecule has 1 aliphatic heterocycles. The van der Waals surface area contributed by atoms with Gasteiger partial charge >= 0.3 is 0 Å². The average Bonchev–Trinajstić information content (AvgIpc) is 3.09. The molecule has 0 bridgehead atoms. The monoisotopic (exact) mass is 355 g/mol. The van der Waals surface area contributed by atoms with E-state index in [0.29, 0.717) is 13.1 Å². The Morgan fingerprint density at radius 2 is 2.00 bits per heavy atom. The molecular formula is C20H25N3O3. The minimum Gasteiger partial charge on any atom is -0.489 e. The molecule has 138 valence electrons. The molecule has 0 saturated heterocycles. The first kappa shape index (κ1) is 17.9. The van der Waals surface area contributed by atoms with Crippen LogP contribution >= 0.6 is 0 Å². The van der Waals surface area contributed by atoms with Gasteiger partial charge in [0.25, 0.3) is 0 Å². The van der Waals surface area contributed by atoms with E-state index in [4.69, 9.17) is 14.2 Å². The van der Waals surface area contributed by atoms with E-state index in [-0.39, 0.29) is 12.9 Å². The van der Waals surface area contributed by atoms with Crippen molar-refractivity contribution in [3.8, 4) is 17.2 Å². The lowest BCUT2D eigenvalue weighted by atomic mass is 10.2. The van der Waals surface area contributed by atoms with Crippen LogP contribution in [-0.2, 0) is 6.54 Å². The predicted molar refractivity (Wildman–Crippen MR) is 102 cm³/mol. The number of nitrogens with zero attached hydrogens (tertiary/aromatic N) is 1. The van der Waals surface area contributed by atoms with Crippen molar-refractivity contribution in [2.45, 2.75) is 26.5 Å². The number of hydrogen-bond acceptors (Lipinski definition) is 4. The van der Waals surface area contributed by atoms with Crippen molar-refractivity contribution in [2.75, 3.05) is 20.4 Å². The summed E-state index contributed by atoms with van der Waals surface area (Å²) >= 11 is 0. The zero-order chi connectivity index (χ0) is 18.4. The molecule has 6 heteroatoms. The molecule has 0 aliphatic carbocycles. The molecule has 1 unspecified atom stereocenters. The van der Waals surface area contributed by atoms with Gasteiger partial charge in [-0.25, -0.2) is 0 Å². The summed E-state index contributed by atoms with van der Waals surface area (Å²) < 4.78 is 16.7. The fourth-order valence-corrected chi connectivity index (χ4v) is 2.66. The SMILES string of the molecule is CN=C(NCc1ccc2c(c1)OCO2)NCC(C)Oc1cccc(C)c1. The largest absolute Gasteiger partial charge is 0.489 e. The van der Waals surface area contributed by atoms with Gasteiger partial charge in [0, 0.05) is 13.6 Å². The molecule has 3 rings (SSSR count). The Morgan fingerprint density at radius 3 is 2.81 bits per heavy atom. The van der Waals surface area contributed by atoms with Crippen LogP contribution in [0.4, 0.5) is 0 Å². The summed E-state index contributed by atoms with van der Waals surface area (Å²) in [5, 5.41) is 6.58. The van der Waals surface area contributed by atoms with E-state index >= 15 is 0 Å². The smallest absolute Gasteiger partial charge is 0.231 e. The van der Waals surface area contributed by atoms with Gasteiger partial charge in [-0.05, 0) is 49.2 Å². The summed E-state index contributed by atoms with van der Waals surface area (Å²) in [5.41, 5.74) is 2.28. The van der Waals surface area contributed by atoms with Gasteiger partial charge in [-0.2, -0.15) is 0 Å². The normalized spacial score (nSPS) is 14.0. The highest BCUT2D eigenvalue weighted by Gasteiger charge is 2.13. The number of rotatable bonds is 6. The minimum atomic E-state index is 0.0147. The third kappa shape index (κ3) is 4.81. The fraction of sp³-hybridized carbons (Fsp3) is 0.350. The summed E-state index contributed by atoms with van der Waals surface area (Å²) in [6.07, 6.45) is 0.0147. The zero-order valence-electron chi connectivity index (χ0n) is 15.4. The summed E-state index contributed by atoms with van der Waals surface area (Å²) in [4.78, 5) is 4.25. The molecule has 0 fully saturated rings. The molecule has 0 saturated carbocycles. The van der Waals surface area contributed by atoms with E-state index in [0.717, 1.165) is 28.8 Å². The summed E-state index contributed by atoms with van der Waals surface area (Å²) in [5.74, 6) is 3.18. The van der Waals surface area contributed by atoms with Crippen LogP contribution in [0.5, 0.6) is 17.2 Å². The summed E-state index contributed by atoms with van der Waals surface area (Å²) in [6, 6.07) is 14.0. The van der Waals surface area contributed by atoms with E-state index in [1.165, 1.54) is 5.56 Å². The van der Waals surface area contributed by atoms with Crippen molar-refractivity contribution in [1.29, 1.82) is 0 Å². The molecule has 0 aromatic heterocycles. The van der Waals surface area contributed by atoms with Crippen LogP contribution < -0.4 is 24.8 Å². The molecule has 0 amide bonds. The lowest BCUT2D eigenvalue weighted by Gasteiger charge is -2.18. The standard InChI is InChI=1S/C20H25N3O3/c1-14-5-4-6-17(9-14)26-15(2)11-22-20(21-3)23-12-16-7-8-18-19(10-16)25-13-24-18/h4-10,15H,11-13H2,1-3H3,(H2,21,22,23). The second-order valence-corrected chi connectivity index (χ2v) is 6.24. The van der Waals surface area contributed by atoms with E-state index in [9.17, 15) is 0 Å². The van der Waals surface area contributed by atoms with Gasteiger partial charge in [-0.15, -0.1) is 0 Å². The highest BCUT2D eigenvalue weighted by molar-refractivity contribution is 5.79. The Hall–Kier alpha value is -2.89. The average molecular weight is 355 g/mol. The molecule has 1 heterocycles. The maximum Gasteiger partial charge on any atom is 0.231 e. The Labute approximate surface area is 154 Å². The van der Waals surface area contributed by atoms with Crippen LogP contribution in [-0.4, -0.2) is 32.4 Å². The number of aliphatic imine (C=N–C) groups is 1. The van der Waals surface area contributed by atoms with Crippen LogP contribution in [0.2, 0.25) is 0 Å². The Morgan fingerprint density at radius 1 is 1.15 bits per heavy atom. The van der Waals surface area contributed by atoms with Crippen molar-refractivity contribution >= 4 is 5.96 Å². The Bertz CT molecular complexity index is 777. The van der Waals surface area contributed by atoms with Crippen molar-refractivity contribution < 1.29 is 14.2 Å². The first-order valence-electron chi connectivity index (χ1n) is 8.70. The molecule has 2 aromatic rings. The lowest BCUT2D eigenvalue weighted by Crippen LogP contribution is -2.41. The molecular weight excluding hydrogens is 330 g/mol. The Kier molecular flexibility index (Phi) is 5.84. The van der Waals surface area contributed by atoms with E-state index in [1.807, 2.05) is 43.3 Å². The van der Waals surface area contributed by atoms with Gasteiger partial charge in [-0.3, -0.25) is 4.99 Å². The molecule has 1 atom stereocenters. The minimum absolute atomic E-state index is 0.0147. The highest BCUT2D eigenvalue weighted by Crippen LogP contribution is 2.32. The van der Waals surface area contributed by atoms with Gasteiger partial charge < -0.3 is 24.8 Å². The topological polar surface area (TPSA) is 64.1 Å². The molecule has 0 radical (unpaired) electrons. The molecule has 6 nitrogen and oxygen atoms in total. The van der Waals surface area contributed by atoms with Gasteiger partial charge in [0.15, 0.2) is 17.5 Å². The third-order valence-electron chi connectivity index (χ3n) is 4.00. The van der Waals surface area contributed by atoms with Crippen LogP contribution in [0.25, 0.3) is 0 Å².